The van der Waals surface area contributed by atoms with Crippen LogP contribution in [0.5, 0.6) is 0 Å². The average molecular weight is 198 g/mol. The van der Waals surface area contributed by atoms with E-state index < -0.39 is 0 Å². The zero-order valence-electron chi connectivity index (χ0n) is 9.53. The van der Waals surface area contributed by atoms with Crippen molar-refractivity contribution in [1.82, 2.24) is 0 Å². The Labute approximate surface area is 92.6 Å². The molecule has 1 aromatic rings. The molecule has 0 fully saturated rings. The van der Waals surface area contributed by atoms with Gasteiger partial charge in [0.15, 0.2) is 0 Å². The van der Waals surface area contributed by atoms with Crippen LogP contribution in [0.15, 0.2) is 55.7 Å². The van der Waals surface area contributed by atoms with Crippen LogP contribution in [0.2, 0.25) is 0 Å². The minimum atomic E-state index is 0.580. The molecule has 0 N–H and O–H groups in total. The number of hydrogen-bond donors (Lipinski definition) is 0. The fourth-order valence-corrected chi connectivity index (χ4v) is 1.36. The molecule has 0 atom stereocenters. The second kappa shape index (κ2) is 5.35. The highest BCUT2D eigenvalue weighted by Gasteiger charge is 1.99. The lowest BCUT2D eigenvalue weighted by atomic mass is 9.99. The van der Waals surface area contributed by atoms with Crippen LogP contribution in [0, 0.1) is 0 Å². The third-order valence-electron chi connectivity index (χ3n) is 2.38. The molecule has 0 aromatic heterocycles. The summed E-state index contributed by atoms with van der Waals surface area (Å²) in [5.74, 6) is 0.580. The van der Waals surface area contributed by atoms with Gasteiger partial charge in [-0.1, -0.05) is 69.5 Å². The normalized spacial score (nSPS) is 10.9. The summed E-state index contributed by atoms with van der Waals surface area (Å²) in [7, 11) is 0. The number of benzene rings is 1. The Hall–Kier alpha value is -1.56. The van der Waals surface area contributed by atoms with Gasteiger partial charge >= 0.3 is 0 Å². The monoisotopic (exact) mass is 198 g/mol. The Kier molecular flexibility index (Phi) is 4.11. The Bertz CT molecular complexity index is 364. The zero-order valence-corrected chi connectivity index (χ0v) is 9.53. The first kappa shape index (κ1) is 11.5. The maximum Gasteiger partial charge on any atom is -0.0190 e. The van der Waals surface area contributed by atoms with Crippen LogP contribution in [-0.4, -0.2) is 0 Å². The van der Waals surface area contributed by atoms with E-state index in [0.717, 1.165) is 11.1 Å². The molecule has 78 valence electrons. The first-order valence-electron chi connectivity index (χ1n) is 5.23. The van der Waals surface area contributed by atoms with Crippen molar-refractivity contribution in [3.8, 4) is 0 Å². The zero-order chi connectivity index (χ0) is 11.3. The van der Waals surface area contributed by atoms with Crippen LogP contribution in [0.25, 0.3) is 5.57 Å². The van der Waals surface area contributed by atoms with Gasteiger partial charge in [-0.15, -0.1) is 0 Å². The van der Waals surface area contributed by atoms with Crippen molar-refractivity contribution in [2.24, 2.45) is 0 Å². The molecule has 1 rings (SSSR count). The second-order valence-electron chi connectivity index (χ2n) is 3.90. The van der Waals surface area contributed by atoms with Crippen molar-refractivity contribution in [2.45, 2.75) is 19.8 Å². The van der Waals surface area contributed by atoms with Crippen molar-refractivity contribution in [3.05, 3.63) is 66.8 Å². The molecule has 0 saturated heterocycles. The quantitative estimate of drug-likeness (QED) is 0.622. The first-order chi connectivity index (χ1) is 7.15. The summed E-state index contributed by atoms with van der Waals surface area (Å²) in [6.07, 6.45) is 5.63. The molecule has 0 spiro atoms. The Morgan fingerprint density at radius 3 is 2.27 bits per heavy atom. The lowest BCUT2D eigenvalue weighted by molar-refractivity contribution is 0.866. The Morgan fingerprint density at radius 2 is 1.80 bits per heavy atom. The van der Waals surface area contributed by atoms with Crippen molar-refractivity contribution < 1.29 is 0 Å². The minimum absolute atomic E-state index is 0.580. The van der Waals surface area contributed by atoms with Gasteiger partial charge in [0, 0.05) is 0 Å². The largest absolute Gasteiger partial charge is 0.0991 e. The Morgan fingerprint density at radius 1 is 1.20 bits per heavy atom. The van der Waals surface area contributed by atoms with Crippen molar-refractivity contribution >= 4 is 5.57 Å². The van der Waals surface area contributed by atoms with E-state index in [4.69, 9.17) is 0 Å². The lowest BCUT2D eigenvalue weighted by Crippen LogP contribution is -1.87. The summed E-state index contributed by atoms with van der Waals surface area (Å²) < 4.78 is 0. The highest BCUT2D eigenvalue weighted by Crippen LogP contribution is 2.19. The molecule has 0 unspecified atom stereocenters. The van der Waals surface area contributed by atoms with Gasteiger partial charge in [0.2, 0.25) is 0 Å². The highest BCUT2D eigenvalue weighted by atomic mass is 14.0. The summed E-state index contributed by atoms with van der Waals surface area (Å²) in [5.41, 5.74) is 3.54. The molecule has 0 heterocycles. The molecule has 0 saturated carbocycles. The second-order valence-corrected chi connectivity index (χ2v) is 3.90. The summed E-state index contributed by atoms with van der Waals surface area (Å²) in [6, 6.07) is 8.55. The highest BCUT2D eigenvalue weighted by molar-refractivity contribution is 5.72. The lowest BCUT2D eigenvalue weighted by Gasteiger charge is -2.06. The van der Waals surface area contributed by atoms with E-state index >= 15 is 0 Å². The number of rotatable bonds is 4. The topological polar surface area (TPSA) is 0 Å². The molecule has 15 heavy (non-hydrogen) atoms. The number of hydrogen-bond acceptors (Lipinski definition) is 0. The van der Waals surface area contributed by atoms with E-state index in [1.54, 1.807) is 6.08 Å². The van der Waals surface area contributed by atoms with E-state index in [1.165, 1.54) is 5.56 Å². The van der Waals surface area contributed by atoms with Gasteiger partial charge in [0.25, 0.3) is 0 Å². The van der Waals surface area contributed by atoms with Crippen LogP contribution in [-0.2, 0) is 0 Å². The summed E-state index contributed by atoms with van der Waals surface area (Å²) in [6.45, 7) is 12.0. The smallest absolute Gasteiger partial charge is 0.0190 e. The predicted octanol–water partition coefficient (Wildman–Crippen LogP) is 4.57. The third kappa shape index (κ3) is 3.25. The molecule has 0 aliphatic rings. The fourth-order valence-electron chi connectivity index (χ4n) is 1.36. The summed E-state index contributed by atoms with van der Waals surface area (Å²) in [5, 5.41) is 0. The summed E-state index contributed by atoms with van der Waals surface area (Å²) >= 11 is 0. The van der Waals surface area contributed by atoms with Gasteiger partial charge < -0.3 is 0 Å². The molecular weight excluding hydrogens is 180 g/mol. The molecule has 0 nitrogen and oxygen atoms in total. The van der Waals surface area contributed by atoms with Crippen LogP contribution in [0.3, 0.4) is 0 Å². The molecule has 0 aliphatic carbocycles. The van der Waals surface area contributed by atoms with Crippen LogP contribution in [0.4, 0.5) is 0 Å². The maximum absolute atomic E-state index is 4.00. The fraction of sp³-hybridized carbons (Fsp3) is 0.200. The van der Waals surface area contributed by atoms with Crippen LogP contribution < -0.4 is 0 Å². The van der Waals surface area contributed by atoms with Gasteiger partial charge in [0.05, 0.1) is 0 Å². The SMILES string of the molecule is C=C/C=C\C(=C)c1ccc(C(C)C)cc1. The first-order valence-corrected chi connectivity index (χ1v) is 5.23. The standard InChI is InChI=1S/C15H18/c1-5-6-7-13(4)15-10-8-14(9-11-15)12(2)3/h5-12H,1,4H2,2-3H3/b7-6-. The summed E-state index contributed by atoms with van der Waals surface area (Å²) in [4.78, 5) is 0. The molecule has 0 amide bonds. The molecule has 0 aliphatic heterocycles. The minimum Gasteiger partial charge on any atom is -0.0991 e. The van der Waals surface area contributed by atoms with Crippen molar-refractivity contribution in [1.29, 1.82) is 0 Å². The third-order valence-corrected chi connectivity index (χ3v) is 2.38. The van der Waals surface area contributed by atoms with Crippen LogP contribution in [0.1, 0.15) is 30.9 Å². The maximum atomic E-state index is 4.00. The van der Waals surface area contributed by atoms with E-state index in [1.807, 2.05) is 12.2 Å². The van der Waals surface area contributed by atoms with Gasteiger partial charge in [-0.2, -0.15) is 0 Å². The molecule has 1 aromatic carbocycles. The van der Waals surface area contributed by atoms with Gasteiger partial charge in [-0.3, -0.25) is 0 Å². The van der Waals surface area contributed by atoms with Gasteiger partial charge in [-0.05, 0) is 22.6 Å². The van der Waals surface area contributed by atoms with Crippen molar-refractivity contribution in [3.63, 3.8) is 0 Å². The Balaban J connectivity index is 2.84. The molecule has 0 radical (unpaired) electrons. The predicted molar refractivity (Wildman–Crippen MR) is 68.9 cm³/mol. The van der Waals surface area contributed by atoms with E-state index in [-0.39, 0.29) is 0 Å². The molecule has 0 heteroatoms. The van der Waals surface area contributed by atoms with E-state index in [9.17, 15) is 0 Å². The van der Waals surface area contributed by atoms with Crippen molar-refractivity contribution in [2.75, 3.05) is 0 Å². The van der Waals surface area contributed by atoms with E-state index in [0.29, 0.717) is 5.92 Å². The van der Waals surface area contributed by atoms with Crippen LogP contribution >= 0.6 is 0 Å². The molecular formula is C15H18. The van der Waals surface area contributed by atoms with Gasteiger partial charge in [0.1, 0.15) is 0 Å². The number of allylic oxidation sites excluding steroid dienone is 4. The van der Waals surface area contributed by atoms with E-state index in [2.05, 4.69) is 51.3 Å². The molecule has 0 bridgehead atoms. The van der Waals surface area contributed by atoms with Gasteiger partial charge in [-0.25, -0.2) is 0 Å². The average Bonchev–Trinajstić information content (AvgIpc) is 2.26.